The zero-order chi connectivity index (χ0) is 18.9. The van der Waals surface area contributed by atoms with Crippen LogP contribution in [-0.2, 0) is 14.6 Å². The maximum Gasteiger partial charge on any atom is 0.233 e. The van der Waals surface area contributed by atoms with Gasteiger partial charge in [0.1, 0.15) is 5.82 Å². The normalized spacial score (nSPS) is 18.8. The Balaban J connectivity index is 1.64. The molecule has 0 aliphatic carbocycles. The van der Waals surface area contributed by atoms with E-state index < -0.39 is 15.7 Å². The lowest BCUT2D eigenvalue weighted by Gasteiger charge is -2.23. The first-order chi connectivity index (χ1) is 12.3. The minimum Gasteiger partial charge on any atom is -0.341 e. The highest BCUT2D eigenvalue weighted by Gasteiger charge is 2.32. The Morgan fingerprint density at radius 1 is 1.46 bits per heavy atom. The Morgan fingerprint density at radius 3 is 2.88 bits per heavy atom. The summed E-state index contributed by atoms with van der Waals surface area (Å²) >= 11 is 1.09. The number of carbonyl (C=O) groups is 1. The fourth-order valence-corrected chi connectivity index (χ4v) is 5.27. The number of benzene rings is 1. The second-order valence-corrected chi connectivity index (χ2v) is 9.21. The first-order valence-electron chi connectivity index (χ1n) is 7.82. The zero-order valence-electron chi connectivity index (χ0n) is 14.0. The van der Waals surface area contributed by atoms with Crippen LogP contribution in [-0.4, -0.2) is 64.4 Å². The number of hydrogen-bond acceptors (Lipinski definition) is 7. The number of amides is 1. The van der Waals surface area contributed by atoms with Gasteiger partial charge in [0.05, 0.1) is 17.3 Å². The molecule has 1 fully saturated rings. The first-order valence-corrected chi connectivity index (χ1v) is 10.6. The Labute approximate surface area is 154 Å². The van der Waals surface area contributed by atoms with Crippen LogP contribution in [0.15, 0.2) is 29.4 Å². The summed E-state index contributed by atoms with van der Waals surface area (Å²) in [6.07, 6.45) is 0.450. The van der Waals surface area contributed by atoms with Crippen molar-refractivity contribution in [3.05, 3.63) is 30.1 Å². The van der Waals surface area contributed by atoms with Crippen molar-refractivity contribution in [3.63, 3.8) is 0 Å². The van der Waals surface area contributed by atoms with Crippen molar-refractivity contribution in [3.8, 4) is 11.4 Å². The topological polar surface area (TPSA) is 111 Å². The van der Waals surface area contributed by atoms with Gasteiger partial charge < -0.3 is 10.7 Å². The van der Waals surface area contributed by atoms with Crippen LogP contribution in [0.4, 0.5) is 4.39 Å². The highest BCUT2D eigenvalue weighted by molar-refractivity contribution is 7.99. The third kappa shape index (κ3) is 3.98. The standard InChI is InChI=1S/C15H18FN5O3S2/c1-20(12-5-6-26(23,24)9-12)13(22)8-25-15-19-18-14(21(15)17)10-3-2-4-11(16)7-10/h2-4,7,12H,5-6,8-9,17H2,1H3/t12-/m1/s1. The van der Waals surface area contributed by atoms with Crippen molar-refractivity contribution in [2.75, 3.05) is 30.1 Å². The summed E-state index contributed by atoms with van der Waals surface area (Å²) < 4.78 is 37.6. The van der Waals surface area contributed by atoms with E-state index in [1.54, 1.807) is 19.2 Å². The van der Waals surface area contributed by atoms with E-state index in [4.69, 9.17) is 5.84 Å². The van der Waals surface area contributed by atoms with Crippen LogP contribution in [0, 0.1) is 5.82 Å². The maximum absolute atomic E-state index is 13.3. The molecule has 0 bridgehead atoms. The van der Waals surface area contributed by atoms with Crippen LogP contribution >= 0.6 is 11.8 Å². The molecular formula is C15H18FN5O3S2. The van der Waals surface area contributed by atoms with Crippen LogP contribution < -0.4 is 5.84 Å². The molecule has 2 heterocycles. The molecule has 1 aromatic heterocycles. The van der Waals surface area contributed by atoms with E-state index in [0.717, 1.165) is 11.8 Å². The molecule has 1 amide bonds. The summed E-state index contributed by atoms with van der Waals surface area (Å²) in [6, 6.07) is 5.51. The van der Waals surface area contributed by atoms with Gasteiger partial charge in [-0.1, -0.05) is 23.9 Å². The minimum atomic E-state index is -3.06. The van der Waals surface area contributed by atoms with E-state index in [1.165, 1.54) is 21.7 Å². The number of nitrogen functional groups attached to an aromatic ring is 1. The van der Waals surface area contributed by atoms with Crippen molar-refractivity contribution in [2.45, 2.75) is 17.6 Å². The minimum absolute atomic E-state index is 0.00328. The van der Waals surface area contributed by atoms with Crippen molar-refractivity contribution >= 4 is 27.5 Å². The average molecular weight is 399 g/mol. The molecule has 0 unspecified atom stereocenters. The fourth-order valence-electron chi connectivity index (χ4n) is 2.71. The average Bonchev–Trinajstić information content (AvgIpc) is 3.14. The number of hydrogen-bond donors (Lipinski definition) is 1. The summed E-state index contributed by atoms with van der Waals surface area (Å²) in [5.41, 5.74) is 0.478. The third-order valence-corrected chi connectivity index (χ3v) is 6.90. The molecule has 2 aromatic rings. The molecule has 140 valence electrons. The molecule has 1 aliphatic heterocycles. The van der Waals surface area contributed by atoms with Crippen LogP contribution in [0.3, 0.4) is 0 Å². The molecule has 1 aliphatic rings. The van der Waals surface area contributed by atoms with Gasteiger partial charge in [-0.3, -0.25) is 4.79 Å². The summed E-state index contributed by atoms with van der Waals surface area (Å²) in [7, 11) is -1.46. The molecule has 1 atom stereocenters. The quantitative estimate of drug-likeness (QED) is 0.577. The Morgan fingerprint density at radius 2 is 2.23 bits per heavy atom. The van der Waals surface area contributed by atoms with Gasteiger partial charge in [0.25, 0.3) is 0 Å². The molecular weight excluding hydrogens is 381 g/mol. The fraction of sp³-hybridized carbons (Fsp3) is 0.400. The van der Waals surface area contributed by atoms with Gasteiger partial charge in [0.2, 0.25) is 11.1 Å². The lowest BCUT2D eigenvalue weighted by atomic mass is 10.2. The Kier molecular flexibility index (Phi) is 5.19. The van der Waals surface area contributed by atoms with Gasteiger partial charge >= 0.3 is 0 Å². The van der Waals surface area contributed by atoms with Gasteiger partial charge in [0.15, 0.2) is 15.7 Å². The van der Waals surface area contributed by atoms with Crippen molar-refractivity contribution in [2.24, 2.45) is 0 Å². The predicted octanol–water partition coefficient (Wildman–Crippen LogP) is 0.536. The van der Waals surface area contributed by atoms with Crippen LogP contribution in [0.5, 0.6) is 0 Å². The van der Waals surface area contributed by atoms with E-state index in [9.17, 15) is 17.6 Å². The number of carbonyl (C=O) groups excluding carboxylic acids is 1. The smallest absolute Gasteiger partial charge is 0.233 e. The molecule has 26 heavy (non-hydrogen) atoms. The molecule has 3 rings (SSSR count). The zero-order valence-corrected chi connectivity index (χ0v) is 15.6. The lowest BCUT2D eigenvalue weighted by Crippen LogP contribution is -2.38. The summed E-state index contributed by atoms with van der Waals surface area (Å²) in [5, 5.41) is 8.19. The molecule has 0 radical (unpaired) electrons. The van der Waals surface area contributed by atoms with Crippen LogP contribution in [0.2, 0.25) is 0 Å². The van der Waals surface area contributed by atoms with Crippen molar-refractivity contribution < 1.29 is 17.6 Å². The molecule has 0 spiro atoms. The first kappa shape index (κ1) is 18.6. The van der Waals surface area contributed by atoms with Crippen LogP contribution in [0.1, 0.15) is 6.42 Å². The van der Waals surface area contributed by atoms with E-state index in [1.807, 2.05) is 0 Å². The van der Waals surface area contributed by atoms with Crippen molar-refractivity contribution in [1.82, 2.24) is 19.8 Å². The highest BCUT2D eigenvalue weighted by atomic mass is 32.2. The number of aromatic nitrogens is 3. The van der Waals surface area contributed by atoms with E-state index in [2.05, 4.69) is 10.2 Å². The predicted molar refractivity (Wildman–Crippen MR) is 96.1 cm³/mol. The highest BCUT2D eigenvalue weighted by Crippen LogP contribution is 2.23. The number of rotatable bonds is 5. The molecule has 0 saturated carbocycles. The number of nitrogens with zero attached hydrogens (tertiary/aromatic N) is 4. The second kappa shape index (κ2) is 7.23. The van der Waals surface area contributed by atoms with Gasteiger partial charge in [-0.15, -0.1) is 10.2 Å². The van der Waals surface area contributed by atoms with Crippen LogP contribution in [0.25, 0.3) is 11.4 Å². The van der Waals surface area contributed by atoms with E-state index in [-0.39, 0.29) is 35.0 Å². The molecule has 8 nitrogen and oxygen atoms in total. The number of thioether (sulfide) groups is 1. The van der Waals surface area contributed by atoms with Gasteiger partial charge in [-0.2, -0.15) is 0 Å². The van der Waals surface area contributed by atoms with E-state index >= 15 is 0 Å². The molecule has 11 heteroatoms. The third-order valence-electron chi connectivity index (χ3n) is 4.22. The lowest BCUT2D eigenvalue weighted by molar-refractivity contribution is -0.128. The van der Waals surface area contributed by atoms with Crippen molar-refractivity contribution in [1.29, 1.82) is 0 Å². The monoisotopic (exact) mass is 399 g/mol. The SMILES string of the molecule is CN(C(=O)CSc1nnc(-c2cccc(F)c2)n1N)[C@@H]1CCS(=O)(=O)C1. The Bertz CT molecular complexity index is 931. The maximum atomic E-state index is 13.3. The Hall–Kier alpha value is -2.14. The summed E-state index contributed by atoms with van der Waals surface area (Å²) in [4.78, 5) is 13.8. The second-order valence-electron chi connectivity index (χ2n) is 6.04. The van der Waals surface area contributed by atoms with Gasteiger partial charge in [-0.05, 0) is 18.6 Å². The molecule has 1 aromatic carbocycles. The number of sulfone groups is 1. The number of halogens is 1. The number of nitrogens with two attached hydrogens (primary N) is 1. The largest absolute Gasteiger partial charge is 0.341 e. The summed E-state index contributed by atoms with van der Waals surface area (Å²) in [5.74, 6) is 5.76. The van der Waals surface area contributed by atoms with Gasteiger partial charge in [0, 0.05) is 18.7 Å². The van der Waals surface area contributed by atoms with Gasteiger partial charge in [-0.25, -0.2) is 17.5 Å². The molecule has 1 saturated heterocycles. The molecule has 2 N–H and O–H groups in total. The van der Waals surface area contributed by atoms with E-state index in [0.29, 0.717) is 17.1 Å². The summed E-state index contributed by atoms with van der Waals surface area (Å²) in [6.45, 7) is 0.